The molecule has 1 nitrogen and oxygen atoms in total. The SMILES string of the molecule is C=CCCSC(=S)N(C)C. The topological polar surface area (TPSA) is 3.24 Å². The van der Waals surface area contributed by atoms with Crippen LogP contribution in [0.1, 0.15) is 6.42 Å². The molecule has 0 rings (SSSR count). The lowest BCUT2D eigenvalue weighted by atomic mass is 10.5. The Labute approximate surface area is 72.5 Å². The van der Waals surface area contributed by atoms with Crippen molar-refractivity contribution in [3.05, 3.63) is 12.7 Å². The highest BCUT2D eigenvalue weighted by molar-refractivity contribution is 8.22. The molecule has 10 heavy (non-hydrogen) atoms. The van der Waals surface area contributed by atoms with Crippen molar-refractivity contribution in [3.63, 3.8) is 0 Å². The molecule has 0 aliphatic heterocycles. The maximum Gasteiger partial charge on any atom is 0.135 e. The van der Waals surface area contributed by atoms with Crippen LogP contribution in [0.3, 0.4) is 0 Å². The molecule has 0 aromatic heterocycles. The average Bonchev–Trinajstić information content (AvgIpc) is 1.88. The summed E-state index contributed by atoms with van der Waals surface area (Å²) in [6.07, 6.45) is 2.93. The zero-order valence-corrected chi connectivity index (χ0v) is 8.10. The van der Waals surface area contributed by atoms with Crippen LogP contribution >= 0.6 is 24.0 Å². The van der Waals surface area contributed by atoms with Gasteiger partial charge in [-0.15, -0.1) is 6.58 Å². The van der Waals surface area contributed by atoms with E-state index in [9.17, 15) is 0 Å². The monoisotopic (exact) mass is 175 g/mol. The molecule has 0 atom stereocenters. The van der Waals surface area contributed by atoms with E-state index in [0.29, 0.717) is 0 Å². The normalized spacial score (nSPS) is 9.00. The summed E-state index contributed by atoms with van der Waals surface area (Å²) in [7, 11) is 3.92. The molecule has 0 spiro atoms. The van der Waals surface area contributed by atoms with Crippen molar-refractivity contribution in [2.24, 2.45) is 0 Å². The van der Waals surface area contributed by atoms with Gasteiger partial charge < -0.3 is 4.90 Å². The van der Waals surface area contributed by atoms with Crippen molar-refractivity contribution >= 4 is 28.3 Å². The third kappa shape index (κ3) is 4.82. The van der Waals surface area contributed by atoms with Gasteiger partial charge in [-0.2, -0.15) is 0 Å². The highest BCUT2D eigenvalue weighted by Crippen LogP contribution is 2.07. The molecule has 58 valence electrons. The van der Waals surface area contributed by atoms with Gasteiger partial charge in [-0.05, 0) is 6.42 Å². The zero-order chi connectivity index (χ0) is 7.98. The second-order valence-corrected chi connectivity index (χ2v) is 3.81. The second kappa shape index (κ2) is 5.74. The quantitative estimate of drug-likeness (QED) is 0.367. The van der Waals surface area contributed by atoms with Crippen LogP contribution in [-0.2, 0) is 0 Å². The predicted molar refractivity (Wildman–Crippen MR) is 53.6 cm³/mol. The Morgan fingerprint density at radius 3 is 2.70 bits per heavy atom. The van der Waals surface area contributed by atoms with Crippen LogP contribution in [0.4, 0.5) is 0 Å². The minimum absolute atomic E-state index is 0.946. The fourth-order valence-corrected chi connectivity index (χ4v) is 1.33. The van der Waals surface area contributed by atoms with Crippen LogP contribution in [0.5, 0.6) is 0 Å². The molecular weight excluding hydrogens is 162 g/mol. The van der Waals surface area contributed by atoms with Crippen molar-refractivity contribution in [1.82, 2.24) is 4.90 Å². The summed E-state index contributed by atoms with van der Waals surface area (Å²) in [5, 5.41) is 0. The molecule has 0 saturated carbocycles. The van der Waals surface area contributed by atoms with Crippen LogP contribution in [0, 0.1) is 0 Å². The number of hydrogen-bond acceptors (Lipinski definition) is 2. The summed E-state index contributed by atoms with van der Waals surface area (Å²) < 4.78 is 0.946. The highest BCUT2D eigenvalue weighted by Gasteiger charge is 1.96. The van der Waals surface area contributed by atoms with Crippen molar-refractivity contribution in [1.29, 1.82) is 0 Å². The molecule has 0 aromatic rings. The average molecular weight is 175 g/mol. The number of thioether (sulfide) groups is 1. The van der Waals surface area contributed by atoms with Gasteiger partial charge in [-0.25, -0.2) is 0 Å². The lowest BCUT2D eigenvalue weighted by Crippen LogP contribution is -2.16. The molecule has 0 aliphatic rings. The minimum Gasteiger partial charge on any atom is -0.364 e. The summed E-state index contributed by atoms with van der Waals surface area (Å²) in [5.74, 6) is 1.04. The first-order valence-corrected chi connectivity index (χ1v) is 4.53. The zero-order valence-electron chi connectivity index (χ0n) is 6.46. The minimum atomic E-state index is 0.946. The first-order valence-electron chi connectivity index (χ1n) is 3.13. The number of thiocarbonyl (C=S) groups is 1. The van der Waals surface area contributed by atoms with Crippen molar-refractivity contribution in [2.75, 3.05) is 19.8 Å². The molecule has 0 aromatic carbocycles. The summed E-state index contributed by atoms with van der Waals surface area (Å²) in [5.41, 5.74) is 0. The Hall–Kier alpha value is -0.0200. The largest absolute Gasteiger partial charge is 0.364 e. The number of rotatable bonds is 3. The van der Waals surface area contributed by atoms with Crippen LogP contribution in [0.2, 0.25) is 0 Å². The van der Waals surface area contributed by atoms with E-state index in [0.717, 1.165) is 16.5 Å². The predicted octanol–water partition coefficient (Wildman–Crippen LogP) is 2.14. The van der Waals surface area contributed by atoms with Gasteiger partial charge in [0.2, 0.25) is 0 Å². The summed E-state index contributed by atoms with van der Waals surface area (Å²) in [6, 6.07) is 0. The molecule has 0 aliphatic carbocycles. The van der Waals surface area contributed by atoms with Gasteiger partial charge in [-0.1, -0.05) is 30.1 Å². The molecule has 3 heteroatoms. The van der Waals surface area contributed by atoms with Gasteiger partial charge in [0.1, 0.15) is 4.32 Å². The van der Waals surface area contributed by atoms with E-state index >= 15 is 0 Å². The Morgan fingerprint density at radius 2 is 2.30 bits per heavy atom. The molecule has 0 bridgehead atoms. The van der Waals surface area contributed by atoms with Crippen molar-refractivity contribution in [2.45, 2.75) is 6.42 Å². The van der Waals surface area contributed by atoms with Crippen molar-refractivity contribution < 1.29 is 0 Å². The number of hydrogen-bond donors (Lipinski definition) is 0. The molecule has 0 fully saturated rings. The van der Waals surface area contributed by atoms with Gasteiger partial charge in [0.15, 0.2) is 0 Å². The van der Waals surface area contributed by atoms with Crippen LogP contribution in [0.15, 0.2) is 12.7 Å². The van der Waals surface area contributed by atoms with Crippen LogP contribution in [0.25, 0.3) is 0 Å². The van der Waals surface area contributed by atoms with E-state index in [-0.39, 0.29) is 0 Å². The standard InChI is InChI=1S/C7H13NS2/c1-4-5-6-10-7(9)8(2)3/h4H,1,5-6H2,2-3H3. The Kier molecular flexibility index (Phi) is 5.73. The first-order chi connectivity index (χ1) is 4.68. The molecule has 0 unspecified atom stereocenters. The van der Waals surface area contributed by atoms with E-state index in [1.54, 1.807) is 11.8 Å². The van der Waals surface area contributed by atoms with Gasteiger partial charge in [0, 0.05) is 19.8 Å². The van der Waals surface area contributed by atoms with E-state index in [2.05, 4.69) is 6.58 Å². The van der Waals surface area contributed by atoms with Crippen LogP contribution in [-0.4, -0.2) is 29.1 Å². The maximum absolute atomic E-state index is 5.05. The van der Waals surface area contributed by atoms with Gasteiger partial charge in [0.05, 0.1) is 0 Å². The molecule has 0 amide bonds. The Bertz CT molecular complexity index is 121. The molecular formula is C7H13NS2. The lowest BCUT2D eigenvalue weighted by molar-refractivity contribution is 0.648. The first kappa shape index (κ1) is 9.98. The smallest absolute Gasteiger partial charge is 0.135 e. The fourth-order valence-electron chi connectivity index (χ4n) is 0.359. The highest BCUT2D eigenvalue weighted by atomic mass is 32.2. The van der Waals surface area contributed by atoms with Crippen molar-refractivity contribution in [3.8, 4) is 0 Å². The molecule has 0 radical (unpaired) electrons. The molecule has 0 heterocycles. The van der Waals surface area contributed by atoms with E-state index < -0.39 is 0 Å². The van der Waals surface area contributed by atoms with Gasteiger partial charge in [-0.3, -0.25) is 0 Å². The van der Waals surface area contributed by atoms with E-state index in [1.807, 2.05) is 25.1 Å². The summed E-state index contributed by atoms with van der Waals surface area (Å²) in [6.45, 7) is 3.63. The Morgan fingerprint density at radius 1 is 1.70 bits per heavy atom. The number of nitrogens with zero attached hydrogens (tertiary/aromatic N) is 1. The number of allylic oxidation sites excluding steroid dienone is 1. The van der Waals surface area contributed by atoms with Gasteiger partial charge >= 0.3 is 0 Å². The maximum atomic E-state index is 5.05. The van der Waals surface area contributed by atoms with E-state index in [1.165, 1.54) is 0 Å². The third-order valence-electron chi connectivity index (χ3n) is 0.913. The lowest BCUT2D eigenvalue weighted by Gasteiger charge is -2.11. The Balaban J connectivity index is 3.30. The van der Waals surface area contributed by atoms with E-state index in [4.69, 9.17) is 12.2 Å². The second-order valence-electron chi connectivity index (χ2n) is 2.09. The summed E-state index contributed by atoms with van der Waals surface area (Å²) >= 11 is 6.74. The molecule has 0 saturated heterocycles. The third-order valence-corrected chi connectivity index (χ3v) is 2.68. The fraction of sp³-hybridized carbons (Fsp3) is 0.571. The molecule has 0 N–H and O–H groups in total. The van der Waals surface area contributed by atoms with Gasteiger partial charge in [0.25, 0.3) is 0 Å². The van der Waals surface area contributed by atoms with Crippen LogP contribution < -0.4 is 0 Å². The summed E-state index contributed by atoms with van der Waals surface area (Å²) in [4.78, 5) is 1.95.